The zero-order valence-electron chi connectivity index (χ0n) is 12.0. The van der Waals surface area contributed by atoms with Crippen molar-refractivity contribution >= 4 is 5.97 Å². The minimum absolute atomic E-state index is 0.00121. The van der Waals surface area contributed by atoms with Crippen LogP contribution in [0, 0.1) is 23.7 Å². The van der Waals surface area contributed by atoms with Crippen LogP contribution in [0.15, 0.2) is 0 Å². The Morgan fingerprint density at radius 1 is 1.16 bits per heavy atom. The van der Waals surface area contributed by atoms with Crippen molar-refractivity contribution in [1.82, 2.24) is 0 Å². The van der Waals surface area contributed by atoms with E-state index >= 15 is 0 Å². The maximum atomic E-state index is 11.5. The molecule has 2 saturated heterocycles. The summed E-state index contributed by atoms with van der Waals surface area (Å²) >= 11 is 0. The molecule has 2 fully saturated rings. The first kappa shape index (κ1) is 14.8. The third-order valence-electron chi connectivity index (χ3n) is 4.64. The van der Waals surface area contributed by atoms with Crippen LogP contribution < -0.4 is 0 Å². The van der Waals surface area contributed by atoms with Crippen molar-refractivity contribution in [2.45, 2.75) is 46.2 Å². The second-order valence-electron chi connectivity index (χ2n) is 5.84. The first-order chi connectivity index (χ1) is 8.95. The van der Waals surface area contributed by atoms with Gasteiger partial charge in [-0.2, -0.15) is 0 Å². The number of hydrogen-bond acceptors (Lipinski definition) is 5. The Labute approximate surface area is 114 Å². The third kappa shape index (κ3) is 2.78. The standard InChI is InChI=1S/C14H24O5/c1-7-12(10(4)18-13(7)16)6-17-14-8(2)11(5-15)9(3)19-14/h7-12,14-15H,5-6H2,1-4H3/t7-,8-,9+,10+,11-,12-,14+/m0/s1. The largest absolute Gasteiger partial charge is 0.462 e. The fourth-order valence-corrected chi connectivity index (χ4v) is 3.02. The molecule has 2 rings (SSSR count). The van der Waals surface area contributed by atoms with E-state index < -0.39 is 0 Å². The van der Waals surface area contributed by atoms with Crippen molar-refractivity contribution < 1.29 is 24.1 Å². The minimum Gasteiger partial charge on any atom is -0.462 e. The van der Waals surface area contributed by atoms with Gasteiger partial charge in [-0.25, -0.2) is 0 Å². The van der Waals surface area contributed by atoms with E-state index in [2.05, 4.69) is 0 Å². The lowest BCUT2D eigenvalue weighted by Crippen LogP contribution is -2.29. The fourth-order valence-electron chi connectivity index (χ4n) is 3.02. The Bertz CT molecular complexity index is 332. The van der Waals surface area contributed by atoms with Crippen LogP contribution in [-0.2, 0) is 19.0 Å². The number of carbonyl (C=O) groups is 1. The van der Waals surface area contributed by atoms with Gasteiger partial charge in [0.25, 0.3) is 0 Å². The highest BCUT2D eigenvalue weighted by atomic mass is 16.7. The zero-order chi connectivity index (χ0) is 14.2. The topological polar surface area (TPSA) is 65.0 Å². The summed E-state index contributed by atoms with van der Waals surface area (Å²) < 4.78 is 16.7. The van der Waals surface area contributed by atoms with Crippen LogP contribution in [0.4, 0.5) is 0 Å². The Kier molecular flexibility index (Phi) is 4.48. The summed E-state index contributed by atoms with van der Waals surface area (Å²) in [5.74, 6) is 0.0672. The van der Waals surface area contributed by atoms with Gasteiger partial charge < -0.3 is 19.3 Å². The molecule has 0 bridgehead atoms. The van der Waals surface area contributed by atoms with E-state index in [-0.39, 0.29) is 54.7 Å². The van der Waals surface area contributed by atoms with E-state index in [0.29, 0.717) is 6.61 Å². The number of aliphatic hydroxyl groups is 1. The van der Waals surface area contributed by atoms with Crippen molar-refractivity contribution in [3.8, 4) is 0 Å². The molecule has 7 atom stereocenters. The molecule has 0 radical (unpaired) electrons. The van der Waals surface area contributed by atoms with E-state index in [4.69, 9.17) is 14.2 Å². The summed E-state index contributed by atoms with van der Waals surface area (Å²) in [5.41, 5.74) is 0. The number of aliphatic hydroxyl groups excluding tert-OH is 1. The Morgan fingerprint density at radius 3 is 2.32 bits per heavy atom. The maximum Gasteiger partial charge on any atom is 0.309 e. The smallest absolute Gasteiger partial charge is 0.309 e. The Hall–Kier alpha value is -0.650. The summed E-state index contributed by atoms with van der Waals surface area (Å²) in [6.45, 7) is 8.31. The molecule has 110 valence electrons. The molecule has 5 nitrogen and oxygen atoms in total. The van der Waals surface area contributed by atoms with Gasteiger partial charge in [-0.3, -0.25) is 4.79 Å². The molecule has 0 aromatic rings. The van der Waals surface area contributed by atoms with E-state index in [1.165, 1.54) is 0 Å². The van der Waals surface area contributed by atoms with Gasteiger partial charge in [0.05, 0.1) is 18.6 Å². The molecule has 2 aliphatic heterocycles. The lowest BCUT2D eigenvalue weighted by molar-refractivity contribution is -0.155. The highest BCUT2D eigenvalue weighted by molar-refractivity contribution is 5.74. The highest BCUT2D eigenvalue weighted by Gasteiger charge is 2.43. The van der Waals surface area contributed by atoms with E-state index in [1.54, 1.807) is 0 Å². The molecule has 0 aromatic carbocycles. The monoisotopic (exact) mass is 272 g/mol. The van der Waals surface area contributed by atoms with Crippen molar-refractivity contribution in [3.63, 3.8) is 0 Å². The molecule has 0 amide bonds. The SMILES string of the molecule is C[C@@H]1[C@H](OC[C@H]2[C@H](C)C(=O)O[C@@H]2C)O[C@H](C)[C@H]1CO. The molecule has 0 aromatic heterocycles. The number of cyclic esters (lactones) is 1. The van der Waals surface area contributed by atoms with Crippen molar-refractivity contribution in [2.24, 2.45) is 23.7 Å². The molecule has 2 heterocycles. The van der Waals surface area contributed by atoms with E-state index in [9.17, 15) is 9.90 Å². The summed E-state index contributed by atoms with van der Waals surface area (Å²) in [6.07, 6.45) is -0.408. The van der Waals surface area contributed by atoms with Crippen molar-refractivity contribution in [3.05, 3.63) is 0 Å². The maximum absolute atomic E-state index is 11.5. The Balaban J connectivity index is 1.88. The number of carbonyl (C=O) groups excluding carboxylic acids is 1. The van der Waals surface area contributed by atoms with Gasteiger partial charge in [-0.15, -0.1) is 0 Å². The highest BCUT2D eigenvalue weighted by Crippen LogP contribution is 2.34. The summed E-state index contributed by atoms with van der Waals surface area (Å²) in [4.78, 5) is 11.5. The number of rotatable bonds is 4. The normalized spacial score (nSPS) is 46.6. The second kappa shape index (κ2) is 5.77. The first-order valence-electron chi connectivity index (χ1n) is 7.04. The van der Waals surface area contributed by atoms with Gasteiger partial charge in [0, 0.05) is 24.4 Å². The third-order valence-corrected chi connectivity index (χ3v) is 4.64. The molecule has 5 heteroatoms. The van der Waals surface area contributed by atoms with Crippen LogP contribution in [-0.4, -0.2) is 42.8 Å². The van der Waals surface area contributed by atoms with E-state index in [0.717, 1.165) is 0 Å². The minimum atomic E-state index is -0.303. The molecule has 0 aliphatic carbocycles. The van der Waals surface area contributed by atoms with Crippen LogP contribution in [0.3, 0.4) is 0 Å². The summed E-state index contributed by atoms with van der Waals surface area (Å²) in [7, 11) is 0. The summed E-state index contributed by atoms with van der Waals surface area (Å²) in [6, 6.07) is 0. The van der Waals surface area contributed by atoms with Crippen LogP contribution in [0.5, 0.6) is 0 Å². The molecule has 0 spiro atoms. The summed E-state index contributed by atoms with van der Waals surface area (Å²) in [5, 5.41) is 9.32. The predicted octanol–water partition coefficient (Wildman–Crippen LogP) is 1.19. The zero-order valence-corrected chi connectivity index (χ0v) is 12.0. The average molecular weight is 272 g/mol. The van der Waals surface area contributed by atoms with Gasteiger partial charge in [-0.1, -0.05) is 13.8 Å². The quantitative estimate of drug-likeness (QED) is 0.779. The van der Waals surface area contributed by atoms with Crippen LogP contribution in [0.25, 0.3) is 0 Å². The number of hydrogen-bond donors (Lipinski definition) is 1. The van der Waals surface area contributed by atoms with Crippen LogP contribution in [0.1, 0.15) is 27.7 Å². The van der Waals surface area contributed by atoms with Gasteiger partial charge in [-0.05, 0) is 13.8 Å². The van der Waals surface area contributed by atoms with E-state index in [1.807, 2.05) is 27.7 Å². The van der Waals surface area contributed by atoms with Gasteiger partial charge in [0.15, 0.2) is 6.29 Å². The van der Waals surface area contributed by atoms with Gasteiger partial charge >= 0.3 is 5.97 Å². The van der Waals surface area contributed by atoms with Gasteiger partial charge in [0.2, 0.25) is 0 Å². The van der Waals surface area contributed by atoms with Gasteiger partial charge in [0.1, 0.15) is 6.10 Å². The Morgan fingerprint density at radius 2 is 1.84 bits per heavy atom. The molecule has 19 heavy (non-hydrogen) atoms. The molecule has 2 aliphatic rings. The second-order valence-corrected chi connectivity index (χ2v) is 5.84. The molecule has 0 unspecified atom stereocenters. The average Bonchev–Trinajstić information content (AvgIpc) is 2.76. The lowest BCUT2D eigenvalue weighted by atomic mass is 9.92. The lowest BCUT2D eigenvalue weighted by Gasteiger charge is -2.22. The molecule has 0 saturated carbocycles. The van der Waals surface area contributed by atoms with Crippen LogP contribution in [0.2, 0.25) is 0 Å². The van der Waals surface area contributed by atoms with Crippen molar-refractivity contribution in [1.29, 1.82) is 0 Å². The number of ether oxygens (including phenoxy) is 3. The van der Waals surface area contributed by atoms with Crippen LogP contribution >= 0.6 is 0 Å². The first-order valence-corrected chi connectivity index (χ1v) is 7.04. The fraction of sp³-hybridized carbons (Fsp3) is 0.929. The predicted molar refractivity (Wildman–Crippen MR) is 68.2 cm³/mol. The molecular weight excluding hydrogens is 248 g/mol. The molecule has 1 N–H and O–H groups in total. The van der Waals surface area contributed by atoms with Crippen molar-refractivity contribution in [2.75, 3.05) is 13.2 Å². The number of esters is 1. The molecular formula is C14H24O5.